The molecule has 2 aromatic carbocycles. The Labute approximate surface area is 168 Å². The second-order valence-corrected chi connectivity index (χ2v) is 6.79. The summed E-state index contributed by atoms with van der Waals surface area (Å²) in [5.74, 6) is 1.61. The highest BCUT2D eigenvalue weighted by molar-refractivity contribution is 6.30. The highest BCUT2D eigenvalue weighted by atomic mass is 35.5. The Morgan fingerprint density at radius 3 is 2.43 bits per heavy atom. The van der Waals surface area contributed by atoms with Gasteiger partial charge in [-0.2, -0.15) is 5.10 Å². The molecule has 5 nitrogen and oxygen atoms in total. The van der Waals surface area contributed by atoms with Gasteiger partial charge in [0.15, 0.2) is 0 Å². The van der Waals surface area contributed by atoms with E-state index in [1.165, 1.54) is 0 Å². The van der Waals surface area contributed by atoms with Gasteiger partial charge in [0.05, 0.1) is 19.0 Å². The van der Waals surface area contributed by atoms with Gasteiger partial charge in [-0.05, 0) is 60.5 Å². The quantitative estimate of drug-likeness (QED) is 0.448. The number of H-pyrrole nitrogens is 1. The lowest BCUT2D eigenvalue weighted by atomic mass is 9.99. The Balaban J connectivity index is 1.69. The summed E-state index contributed by atoms with van der Waals surface area (Å²) in [6.45, 7) is 2.05. The number of anilines is 2. The molecule has 0 saturated carbocycles. The lowest BCUT2D eigenvalue weighted by Crippen LogP contribution is -1.98. The molecular formula is C22H19ClN4O. The maximum Gasteiger partial charge on any atom is 0.133 e. The molecule has 0 aliphatic rings. The summed E-state index contributed by atoms with van der Waals surface area (Å²) in [5, 5.41) is 11.4. The van der Waals surface area contributed by atoms with Crippen LogP contribution in [0, 0.1) is 6.92 Å². The number of aromatic amines is 1. The molecule has 4 rings (SSSR count). The summed E-state index contributed by atoms with van der Waals surface area (Å²) in [6.07, 6.45) is 3.64. The smallest absolute Gasteiger partial charge is 0.133 e. The van der Waals surface area contributed by atoms with E-state index in [-0.39, 0.29) is 0 Å². The average Bonchev–Trinajstić information content (AvgIpc) is 3.20. The average molecular weight is 391 g/mol. The number of rotatable bonds is 5. The summed E-state index contributed by atoms with van der Waals surface area (Å²) in [6, 6.07) is 17.5. The molecule has 0 aliphatic heterocycles. The highest BCUT2D eigenvalue weighted by Gasteiger charge is 2.14. The number of nitrogens with zero attached hydrogens (tertiary/aromatic N) is 2. The first kappa shape index (κ1) is 18.1. The van der Waals surface area contributed by atoms with E-state index in [4.69, 9.17) is 16.3 Å². The number of ether oxygens (including phenoxy) is 1. The molecule has 0 aliphatic carbocycles. The molecular weight excluding hydrogens is 372 g/mol. The largest absolute Gasteiger partial charge is 0.497 e. The van der Waals surface area contributed by atoms with Crippen molar-refractivity contribution in [1.29, 1.82) is 0 Å². The molecule has 2 aromatic heterocycles. The predicted octanol–water partition coefficient (Wildman–Crippen LogP) is 5.85. The zero-order chi connectivity index (χ0) is 19.5. The van der Waals surface area contributed by atoms with Crippen molar-refractivity contribution in [3.05, 3.63) is 77.6 Å². The maximum atomic E-state index is 6.02. The normalized spacial score (nSPS) is 10.7. The monoisotopic (exact) mass is 390 g/mol. The van der Waals surface area contributed by atoms with E-state index in [0.717, 1.165) is 45.2 Å². The van der Waals surface area contributed by atoms with Crippen LogP contribution in [0.5, 0.6) is 5.75 Å². The van der Waals surface area contributed by atoms with Crippen molar-refractivity contribution >= 4 is 23.1 Å². The Morgan fingerprint density at radius 2 is 1.71 bits per heavy atom. The van der Waals surface area contributed by atoms with Crippen LogP contribution in [0.1, 0.15) is 5.56 Å². The molecule has 2 heterocycles. The molecule has 0 saturated heterocycles. The summed E-state index contributed by atoms with van der Waals surface area (Å²) in [5.41, 5.74) is 6.03. The van der Waals surface area contributed by atoms with Crippen LogP contribution in [-0.2, 0) is 0 Å². The fourth-order valence-corrected chi connectivity index (χ4v) is 3.22. The fourth-order valence-electron chi connectivity index (χ4n) is 3.09. The minimum absolute atomic E-state index is 0.705. The van der Waals surface area contributed by atoms with Crippen LogP contribution in [0.15, 0.2) is 67.0 Å². The Bertz CT molecular complexity index is 1090. The van der Waals surface area contributed by atoms with Crippen molar-refractivity contribution < 1.29 is 4.74 Å². The third-order valence-corrected chi connectivity index (χ3v) is 4.87. The first-order valence-corrected chi connectivity index (χ1v) is 9.20. The summed E-state index contributed by atoms with van der Waals surface area (Å²) >= 11 is 6.02. The molecule has 0 radical (unpaired) electrons. The SMILES string of the molecule is COc1ccc(Nc2nccc(-c3cn[nH]c3-c3ccc(Cl)cc3)c2C)cc1. The van der Waals surface area contributed by atoms with Crippen LogP contribution in [0.2, 0.25) is 5.02 Å². The third kappa shape index (κ3) is 3.57. The van der Waals surface area contributed by atoms with Gasteiger partial charge >= 0.3 is 0 Å². The number of aromatic nitrogens is 3. The fraction of sp³-hybridized carbons (Fsp3) is 0.0909. The molecule has 0 atom stereocenters. The van der Waals surface area contributed by atoms with Crippen LogP contribution >= 0.6 is 11.6 Å². The molecule has 0 amide bonds. The van der Waals surface area contributed by atoms with Gasteiger partial charge in [-0.15, -0.1) is 0 Å². The van der Waals surface area contributed by atoms with Crippen molar-refractivity contribution in [2.24, 2.45) is 0 Å². The van der Waals surface area contributed by atoms with Gasteiger partial charge < -0.3 is 10.1 Å². The van der Waals surface area contributed by atoms with Crippen LogP contribution < -0.4 is 10.1 Å². The number of hydrogen-bond acceptors (Lipinski definition) is 4. The molecule has 0 unspecified atom stereocenters. The molecule has 0 fully saturated rings. The number of pyridine rings is 1. The molecule has 28 heavy (non-hydrogen) atoms. The summed E-state index contributed by atoms with van der Waals surface area (Å²) < 4.78 is 5.21. The predicted molar refractivity (Wildman–Crippen MR) is 113 cm³/mol. The highest BCUT2D eigenvalue weighted by Crippen LogP contribution is 2.35. The zero-order valence-corrected chi connectivity index (χ0v) is 16.3. The van der Waals surface area contributed by atoms with E-state index in [9.17, 15) is 0 Å². The van der Waals surface area contributed by atoms with Crippen molar-refractivity contribution in [1.82, 2.24) is 15.2 Å². The number of benzene rings is 2. The van der Waals surface area contributed by atoms with Gasteiger partial charge in [-0.25, -0.2) is 4.98 Å². The summed E-state index contributed by atoms with van der Waals surface area (Å²) in [7, 11) is 1.65. The van der Waals surface area contributed by atoms with Crippen molar-refractivity contribution in [3.63, 3.8) is 0 Å². The number of hydrogen-bond donors (Lipinski definition) is 2. The maximum absolute atomic E-state index is 6.02. The molecule has 2 N–H and O–H groups in total. The first-order chi connectivity index (χ1) is 13.7. The Hall–Kier alpha value is -3.31. The number of nitrogens with one attached hydrogen (secondary N) is 2. The second kappa shape index (κ2) is 7.74. The van der Waals surface area contributed by atoms with E-state index < -0.39 is 0 Å². The minimum atomic E-state index is 0.705. The standard InChI is InChI=1S/C22H19ClN4O/c1-14-19(20-13-25-27-21(20)15-3-5-16(23)6-4-15)11-12-24-22(14)26-17-7-9-18(28-2)10-8-17/h3-13H,1-2H3,(H,24,26)(H,25,27). The van der Waals surface area contributed by atoms with E-state index >= 15 is 0 Å². The van der Waals surface area contributed by atoms with Gasteiger partial charge in [0.25, 0.3) is 0 Å². The van der Waals surface area contributed by atoms with Crippen LogP contribution in [0.4, 0.5) is 11.5 Å². The Morgan fingerprint density at radius 1 is 0.964 bits per heavy atom. The van der Waals surface area contributed by atoms with Crippen molar-refractivity contribution in [2.45, 2.75) is 6.92 Å². The van der Waals surface area contributed by atoms with Gasteiger partial charge in [0.1, 0.15) is 11.6 Å². The van der Waals surface area contributed by atoms with Gasteiger partial charge in [-0.1, -0.05) is 23.7 Å². The molecule has 0 bridgehead atoms. The van der Waals surface area contributed by atoms with Crippen LogP contribution in [-0.4, -0.2) is 22.3 Å². The van der Waals surface area contributed by atoms with E-state index in [1.807, 2.05) is 67.7 Å². The van der Waals surface area contributed by atoms with E-state index in [1.54, 1.807) is 13.3 Å². The molecule has 6 heteroatoms. The van der Waals surface area contributed by atoms with Crippen LogP contribution in [0.3, 0.4) is 0 Å². The molecule has 0 spiro atoms. The first-order valence-electron chi connectivity index (χ1n) is 8.82. The van der Waals surface area contributed by atoms with Crippen molar-refractivity contribution in [3.8, 4) is 28.1 Å². The summed E-state index contributed by atoms with van der Waals surface area (Å²) in [4.78, 5) is 4.51. The topological polar surface area (TPSA) is 62.8 Å². The minimum Gasteiger partial charge on any atom is -0.497 e. The lowest BCUT2D eigenvalue weighted by Gasteiger charge is -2.13. The number of methoxy groups -OCH3 is 1. The van der Waals surface area contributed by atoms with E-state index in [0.29, 0.717) is 5.02 Å². The van der Waals surface area contributed by atoms with Gasteiger partial charge in [0, 0.05) is 28.0 Å². The van der Waals surface area contributed by atoms with Gasteiger partial charge in [-0.3, -0.25) is 5.10 Å². The van der Waals surface area contributed by atoms with Crippen LogP contribution in [0.25, 0.3) is 22.4 Å². The lowest BCUT2D eigenvalue weighted by molar-refractivity contribution is 0.415. The van der Waals surface area contributed by atoms with Gasteiger partial charge in [0.2, 0.25) is 0 Å². The van der Waals surface area contributed by atoms with E-state index in [2.05, 4.69) is 20.5 Å². The number of halogens is 1. The van der Waals surface area contributed by atoms with Crippen molar-refractivity contribution in [2.75, 3.05) is 12.4 Å². The molecule has 140 valence electrons. The molecule has 4 aromatic rings. The second-order valence-electron chi connectivity index (χ2n) is 6.35. The third-order valence-electron chi connectivity index (χ3n) is 4.62. The Kier molecular flexibility index (Phi) is 5.00. The zero-order valence-electron chi connectivity index (χ0n) is 15.5.